The summed E-state index contributed by atoms with van der Waals surface area (Å²) in [4.78, 5) is 0. The Morgan fingerprint density at radius 2 is 2.00 bits per heavy atom. The Labute approximate surface area is 118 Å². The highest BCUT2D eigenvalue weighted by atomic mass is 32.2. The Balaban J connectivity index is 2.26. The van der Waals surface area contributed by atoms with Gasteiger partial charge in [-0.2, -0.15) is 23.5 Å². The third-order valence-electron chi connectivity index (χ3n) is 3.51. The molecule has 1 saturated heterocycles. The Hall–Kier alpha value is -0.160. The van der Waals surface area contributed by atoms with Gasteiger partial charge in [-0.15, -0.1) is 0 Å². The number of benzene rings is 1. The molecule has 0 saturated carbocycles. The van der Waals surface area contributed by atoms with Crippen LogP contribution in [0.2, 0.25) is 0 Å². The highest BCUT2D eigenvalue weighted by Crippen LogP contribution is 2.39. The first-order chi connectivity index (χ1) is 8.63. The van der Waals surface area contributed by atoms with Crippen molar-refractivity contribution in [3.63, 3.8) is 0 Å². The third kappa shape index (κ3) is 3.05. The Kier molecular flexibility index (Phi) is 5.01. The molecule has 0 aliphatic carbocycles. The van der Waals surface area contributed by atoms with Crippen molar-refractivity contribution in [1.82, 2.24) is 5.43 Å². The van der Waals surface area contributed by atoms with Crippen LogP contribution in [0.25, 0.3) is 0 Å². The second kappa shape index (κ2) is 6.33. The molecule has 2 nitrogen and oxygen atoms in total. The standard InChI is InChI=1S/C14H22N2S2/c1-9-4-5-12(10(2)8-9)13(16-15)14-11(3)17-6-7-18-14/h4-5,8,11,13-14,16H,6-7,15H2,1-3H3. The van der Waals surface area contributed by atoms with Crippen LogP contribution in [0, 0.1) is 13.8 Å². The largest absolute Gasteiger partial charge is 0.271 e. The summed E-state index contributed by atoms with van der Waals surface area (Å²) in [5.41, 5.74) is 7.03. The summed E-state index contributed by atoms with van der Waals surface area (Å²) in [7, 11) is 0. The van der Waals surface area contributed by atoms with Crippen molar-refractivity contribution >= 4 is 23.5 Å². The van der Waals surface area contributed by atoms with E-state index in [0.717, 1.165) is 0 Å². The van der Waals surface area contributed by atoms with Gasteiger partial charge in [0.2, 0.25) is 0 Å². The lowest BCUT2D eigenvalue weighted by atomic mass is 9.96. The minimum Gasteiger partial charge on any atom is -0.271 e. The van der Waals surface area contributed by atoms with Crippen LogP contribution in [0.5, 0.6) is 0 Å². The number of aryl methyl sites for hydroxylation is 2. The van der Waals surface area contributed by atoms with Crippen LogP contribution in [0.15, 0.2) is 18.2 Å². The Morgan fingerprint density at radius 1 is 1.28 bits per heavy atom. The van der Waals surface area contributed by atoms with Crippen molar-refractivity contribution in [2.45, 2.75) is 37.3 Å². The van der Waals surface area contributed by atoms with E-state index in [0.29, 0.717) is 10.5 Å². The van der Waals surface area contributed by atoms with E-state index >= 15 is 0 Å². The van der Waals surface area contributed by atoms with Crippen molar-refractivity contribution < 1.29 is 0 Å². The molecule has 100 valence electrons. The smallest absolute Gasteiger partial charge is 0.0591 e. The normalized spacial score (nSPS) is 26.0. The average molecular weight is 282 g/mol. The Morgan fingerprint density at radius 3 is 2.61 bits per heavy atom. The van der Waals surface area contributed by atoms with E-state index < -0.39 is 0 Å². The molecule has 3 unspecified atom stereocenters. The molecule has 0 bridgehead atoms. The lowest BCUT2D eigenvalue weighted by Crippen LogP contribution is -2.41. The maximum Gasteiger partial charge on any atom is 0.0591 e. The predicted molar refractivity (Wildman–Crippen MR) is 84.1 cm³/mol. The van der Waals surface area contributed by atoms with Crippen LogP contribution in [0.1, 0.15) is 29.7 Å². The van der Waals surface area contributed by atoms with Crippen molar-refractivity contribution in [2.75, 3.05) is 11.5 Å². The van der Waals surface area contributed by atoms with Crippen molar-refractivity contribution in [1.29, 1.82) is 0 Å². The summed E-state index contributed by atoms with van der Waals surface area (Å²) in [6.07, 6.45) is 0. The average Bonchev–Trinajstić information content (AvgIpc) is 2.34. The number of thioether (sulfide) groups is 2. The first-order valence-electron chi connectivity index (χ1n) is 6.40. The summed E-state index contributed by atoms with van der Waals surface area (Å²) >= 11 is 4.11. The van der Waals surface area contributed by atoms with Gasteiger partial charge in [0.25, 0.3) is 0 Å². The second-order valence-corrected chi connectivity index (χ2v) is 7.69. The molecule has 1 fully saturated rings. The monoisotopic (exact) mass is 282 g/mol. The van der Waals surface area contributed by atoms with E-state index in [9.17, 15) is 0 Å². The van der Waals surface area contributed by atoms with Crippen LogP contribution >= 0.6 is 23.5 Å². The molecule has 3 N–H and O–H groups in total. The fourth-order valence-corrected chi connectivity index (χ4v) is 5.47. The molecule has 1 aliphatic heterocycles. The zero-order chi connectivity index (χ0) is 13.1. The van der Waals surface area contributed by atoms with Crippen LogP contribution in [-0.2, 0) is 0 Å². The predicted octanol–water partition coefficient (Wildman–Crippen LogP) is 3.04. The van der Waals surface area contributed by atoms with Gasteiger partial charge in [0.1, 0.15) is 0 Å². The van der Waals surface area contributed by atoms with Crippen LogP contribution < -0.4 is 11.3 Å². The summed E-state index contributed by atoms with van der Waals surface area (Å²) in [5.74, 6) is 8.31. The van der Waals surface area contributed by atoms with Crippen LogP contribution in [0.4, 0.5) is 0 Å². The maximum atomic E-state index is 5.83. The van der Waals surface area contributed by atoms with Gasteiger partial charge in [-0.05, 0) is 25.0 Å². The second-order valence-electron chi connectivity index (χ2n) is 4.92. The third-order valence-corrected chi connectivity index (χ3v) is 6.70. The molecule has 1 aromatic rings. The fourth-order valence-electron chi connectivity index (χ4n) is 2.55. The SMILES string of the molecule is Cc1ccc(C(NN)C2SCCSC2C)c(C)c1. The molecule has 0 radical (unpaired) electrons. The molecule has 0 aromatic heterocycles. The van der Waals surface area contributed by atoms with Crippen LogP contribution in [-0.4, -0.2) is 22.0 Å². The van der Waals surface area contributed by atoms with E-state index in [-0.39, 0.29) is 6.04 Å². The molecule has 4 heteroatoms. The van der Waals surface area contributed by atoms with Gasteiger partial charge in [-0.25, -0.2) is 0 Å². The van der Waals surface area contributed by atoms with Crippen molar-refractivity contribution in [2.24, 2.45) is 5.84 Å². The zero-order valence-corrected chi connectivity index (χ0v) is 12.9. The first-order valence-corrected chi connectivity index (χ1v) is 8.49. The van der Waals surface area contributed by atoms with Crippen LogP contribution in [0.3, 0.4) is 0 Å². The molecule has 3 atom stereocenters. The number of hydrogen-bond acceptors (Lipinski definition) is 4. The highest BCUT2D eigenvalue weighted by Gasteiger charge is 2.31. The summed E-state index contributed by atoms with van der Waals surface area (Å²) in [6.45, 7) is 6.63. The molecule has 1 aliphatic rings. The minimum absolute atomic E-state index is 0.249. The first kappa shape index (κ1) is 14.3. The Bertz CT molecular complexity index is 409. The lowest BCUT2D eigenvalue weighted by molar-refractivity contribution is 0.524. The van der Waals surface area contributed by atoms with Gasteiger partial charge < -0.3 is 0 Å². The molecule has 0 spiro atoms. The highest BCUT2D eigenvalue weighted by molar-refractivity contribution is 8.07. The molecule has 1 heterocycles. The van der Waals surface area contributed by atoms with Gasteiger partial charge in [-0.1, -0.05) is 30.7 Å². The summed E-state index contributed by atoms with van der Waals surface area (Å²) in [6, 6.07) is 6.89. The number of nitrogens with one attached hydrogen (secondary N) is 1. The van der Waals surface area contributed by atoms with Crippen molar-refractivity contribution in [3.8, 4) is 0 Å². The summed E-state index contributed by atoms with van der Waals surface area (Å²) < 4.78 is 0. The van der Waals surface area contributed by atoms with Gasteiger partial charge in [0.05, 0.1) is 6.04 Å². The van der Waals surface area contributed by atoms with E-state index in [4.69, 9.17) is 5.84 Å². The number of nitrogens with two attached hydrogens (primary N) is 1. The fraction of sp³-hybridized carbons (Fsp3) is 0.571. The van der Waals surface area contributed by atoms with Gasteiger partial charge in [-0.3, -0.25) is 11.3 Å². The van der Waals surface area contributed by atoms with E-state index in [2.05, 4.69) is 56.2 Å². The molecule has 0 amide bonds. The number of rotatable bonds is 3. The summed E-state index contributed by atoms with van der Waals surface area (Å²) in [5, 5.41) is 1.20. The number of hydrogen-bond donors (Lipinski definition) is 2. The number of hydrazine groups is 1. The quantitative estimate of drug-likeness (QED) is 0.660. The van der Waals surface area contributed by atoms with Gasteiger partial charge in [0, 0.05) is 22.0 Å². The lowest BCUT2D eigenvalue weighted by Gasteiger charge is -2.35. The zero-order valence-electron chi connectivity index (χ0n) is 11.3. The molecule has 2 rings (SSSR count). The van der Waals surface area contributed by atoms with E-state index in [1.54, 1.807) is 0 Å². The maximum absolute atomic E-state index is 5.83. The molecule has 1 aromatic carbocycles. The van der Waals surface area contributed by atoms with Gasteiger partial charge >= 0.3 is 0 Å². The molecular weight excluding hydrogens is 260 g/mol. The molecular formula is C14H22N2S2. The van der Waals surface area contributed by atoms with Crippen molar-refractivity contribution in [3.05, 3.63) is 34.9 Å². The van der Waals surface area contributed by atoms with E-state index in [1.165, 1.54) is 28.2 Å². The topological polar surface area (TPSA) is 38.0 Å². The minimum atomic E-state index is 0.249. The molecule has 18 heavy (non-hydrogen) atoms. The van der Waals surface area contributed by atoms with E-state index in [1.807, 2.05) is 11.8 Å². The van der Waals surface area contributed by atoms with Gasteiger partial charge in [0.15, 0.2) is 0 Å².